The summed E-state index contributed by atoms with van der Waals surface area (Å²) in [6.45, 7) is 15.8. The fourth-order valence-electron chi connectivity index (χ4n) is 13.5. The fraction of sp³-hybridized carbons (Fsp3) is 0.632. The summed E-state index contributed by atoms with van der Waals surface area (Å²) >= 11 is 18.2. The number of benzene rings is 3. The maximum atomic E-state index is 13.1. The highest BCUT2D eigenvalue weighted by atomic mass is 35.5. The number of nitrogens with zero attached hydrogens (tertiary/aromatic N) is 6. The smallest absolute Gasteiger partial charge is 0.227 e. The number of rotatable bonds is 9. The van der Waals surface area contributed by atoms with Crippen LogP contribution in [0.15, 0.2) is 72.8 Å². The molecule has 0 spiro atoms. The normalized spacial score (nSPS) is 30.3. The second kappa shape index (κ2) is 26.5. The van der Waals surface area contributed by atoms with Crippen molar-refractivity contribution in [2.75, 3.05) is 118 Å². The molecule has 18 heteroatoms. The number of piperazine rings is 3. The van der Waals surface area contributed by atoms with E-state index in [-0.39, 0.29) is 54.0 Å². The van der Waals surface area contributed by atoms with Crippen LogP contribution in [0.3, 0.4) is 0 Å². The van der Waals surface area contributed by atoms with Crippen LogP contribution in [-0.2, 0) is 47.9 Å². The zero-order valence-corrected chi connectivity index (χ0v) is 45.8. The molecule has 408 valence electrons. The van der Waals surface area contributed by atoms with Gasteiger partial charge >= 0.3 is 0 Å². The summed E-state index contributed by atoms with van der Waals surface area (Å²) in [4.78, 5) is 53.1. The number of hydrogen-bond donors (Lipinski definition) is 3. The average molecular weight is 1090 g/mol. The van der Waals surface area contributed by atoms with E-state index in [1.165, 1.54) is 38.5 Å². The lowest BCUT2D eigenvalue weighted by atomic mass is 9.92. The van der Waals surface area contributed by atoms with Gasteiger partial charge in [0.15, 0.2) is 0 Å². The van der Waals surface area contributed by atoms with E-state index < -0.39 is 0 Å². The Morgan fingerprint density at radius 2 is 0.693 bits per heavy atom. The Kier molecular flexibility index (Phi) is 19.4. The number of amides is 3. The molecule has 3 N–H and O–H groups in total. The molecule has 0 aliphatic carbocycles. The summed E-state index contributed by atoms with van der Waals surface area (Å²) in [6.07, 6.45) is 8.73. The van der Waals surface area contributed by atoms with Crippen molar-refractivity contribution >= 4 is 52.5 Å². The van der Waals surface area contributed by atoms with Crippen LogP contribution >= 0.6 is 34.8 Å². The van der Waals surface area contributed by atoms with Crippen molar-refractivity contribution in [1.82, 2.24) is 45.3 Å². The van der Waals surface area contributed by atoms with Gasteiger partial charge in [-0.25, -0.2) is 0 Å². The van der Waals surface area contributed by atoms with Crippen molar-refractivity contribution in [3.8, 4) is 0 Å². The van der Waals surface area contributed by atoms with Crippen molar-refractivity contribution in [2.45, 2.75) is 112 Å². The Bertz CT molecular complexity index is 2110. The molecule has 9 fully saturated rings. The summed E-state index contributed by atoms with van der Waals surface area (Å²) in [5, 5.41) is 12.8. The number of carbonyl (C=O) groups is 3. The maximum absolute atomic E-state index is 13.1. The van der Waals surface area contributed by atoms with E-state index in [0.717, 1.165) is 115 Å². The summed E-state index contributed by atoms with van der Waals surface area (Å²) in [7, 11) is 0. The molecule has 3 amide bonds. The molecule has 9 aliphatic heterocycles. The van der Waals surface area contributed by atoms with Gasteiger partial charge in [-0.05, 0) is 131 Å². The Balaban J connectivity index is 0.000000128. The van der Waals surface area contributed by atoms with E-state index in [9.17, 15) is 14.4 Å². The molecule has 0 saturated carbocycles. The molecular weight excluding hydrogens is 1010 g/mol. The lowest BCUT2D eigenvalue weighted by Gasteiger charge is -2.50. The third-order valence-electron chi connectivity index (χ3n) is 17.1. The summed E-state index contributed by atoms with van der Waals surface area (Å²) < 4.78 is 17.6. The first-order valence-corrected chi connectivity index (χ1v) is 29.1. The van der Waals surface area contributed by atoms with Gasteiger partial charge in [-0.15, -0.1) is 0 Å². The van der Waals surface area contributed by atoms with E-state index in [0.29, 0.717) is 72.3 Å². The molecule has 9 atom stereocenters. The van der Waals surface area contributed by atoms with Crippen LogP contribution in [0.4, 0.5) is 0 Å². The lowest BCUT2D eigenvalue weighted by molar-refractivity contribution is -0.143. The second-order valence-corrected chi connectivity index (χ2v) is 23.2. The molecular formula is C57H78Cl3N9O6. The van der Waals surface area contributed by atoms with E-state index in [4.69, 9.17) is 49.0 Å². The molecule has 9 saturated heterocycles. The Morgan fingerprint density at radius 3 is 0.960 bits per heavy atom. The van der Waals surface area contributed by atoms with Crippen LogP contribution in [-0.4, -0.2) is 220 Å². The Labute approximate surface area is 459 Å². The largest absolute Gasteiger partial charge is 0.378 e. The molecule has 9 aliphatic rings. The van der Waals surface area contributed by atoms with Crippen LogP contribution in [0.5, 0.6) is 0 Å². The zero-order chi connectivity index (χ0) is 51.7. The monoisotopic (exact) mass is 1090 g/mol. The van der Waals surface area contributed by atoms with Crippen LogP contribution in [0, 0.1) is 0 Å². The minimum atomic E-state index is 0.199. The van der Waals surface area contributed by atoms with Gasteiger partial charge in [0, 0.05) is 54.3 Å². The van der Waals surface area contributed by atoms with Crippen LogP contribution in [0.2, 0.25) is 15.1 Å². The zero-order valence-electron chi connectivity index (χ0n) is 43.5. The van der Waals surface area contributed by atoms with Crippen LogP contribution < -0.4 is 16.0 Å². The molecule has 0 bridgehead atoms. The summed E-state index contributed by atoms with van der Waals surface area (Å²) in [5.74, 6) is 0.597. The number of nitrogens with one attached hydrogen (secondary N) is 3. The highest BCUT2D eigenvalue weighted by molar-refractivity contribution is 6.31. The van der Waals surface area contributed by atoms with E-state index in [2.05, 4.69) is 45.3 Å². The average Bonchev–Trinajstić information content (AvgIpc) is 4.28. The molecule has 3 aromatic carbocycles. The van der Waals surface area contributed by atoms with Crippen LogP contribution in [0.25, 0.3) is 0 Å². The number of hydrogen-bond acceptors (Lipinski definition) is 12. The molecule has 75 heavy (non-hydrogen) atoms. The van der Waals surface area contributed by atoms with E-state index in [1.54, 1.807) is 0 Å². The van der Waals surface area contributed by atoms with Gasteiger partial charge in [-0.2, -0.15) is 0 Å². The van der Waals surface area contributed by atoms with Gasteiger partial charge in [-0.1, -0.05) is 71.2 Å². The van der Waals surface area contributed by atoms with E-state index in [1.807, 2.05) is 72.8 Å². The molecule has 12 rings (SSSR count). The third-order valence-corrected chi connectivity index (χ3v) is 17.8. The first-order chi connectivity index (χ1) is 36.7. The first-order valence-electron chi connectivity index (χ1n) is 27.9. The Hall–Kier alpha value is -3.42. The predicted octanol–water partition coefficient (Wildman–Crippen LogP) is 4.64. The summed E-state index contributed by atoms with van der Waals surface area (Å²) in [6, 6.07) is 25.1. The number of fused-ring (bicyclic) bond motifs is 3. The maximum Gasteiger partial charge on any atom is 0.227 e. The van der Waals surface area contributed by atoms with Crippen LogP contribution in [0.1, 0.15) is 55.2 Å². The van der Waals surface area contributed by atoms with Crippen molar-refractivity contribution < 1.29 is 28.6 Å². The van der Waals surface area contributed by atoms with Crippen molar-refractivity contribution in [1.29, 1.82) is 0 Å². The second-order valence-electron chi connectivity index (χ2n) is 21.9. The van der Waals surface area contributed by atoms with Gasteiger partial charge < -0.3 is 44.9 Å². The number of likely N-dealkylation sites (tertiary alicyclic amines) is 3. The topological polar surface area (TPSA) is 134 Å². The SMILES string of the molecule is O=C(Cc1cccc(Cl)c1)N1CCN[C@@H]2COC[C@H](N3CCCC3)[C@H]21.O=C(Cc1cccc(Cl)c1)N1CCN[C@@H]2COC[C@H](N3CCCC3)[C@H]21.O=C(Cc1cccc(Cl)c1)N1CCN[C@H]2COC[C@@H](N3CCCC3)[C@@H]21. The molecule has 0 aromatic heterocycles. The molecule has 15 nitrogen and oxygen atoms in total. The highest BCUT2D eigenvalue weighted by Crippen LogP contribution is 2.30. The standard InChI is InChI=1S/3C19H26ClN3O2/c3*20-15-5-3-4-14(10-15)11-18(24)23-9-6-21-16-12-25-13-17(19(16)23)22-7-1-2-8-22/h3*3-5,10,16-17,19,21H,1-2,6-9,11-13H2/t3*16-,17+,19+/m110/s1. The van der Waals surface area contributed by atoms with Crippen molar-refractivity contribution in [3.05, 3.63) is 105 Å². The summed E-state index contributed by atoms with van der Waals surface area (Å²) in [5.41, 5.74) is 2.95. The minimum absolute atomic E-state index is 0.199. The first kappa shape index (κ1) is 54.9. The molecule has 0 radical (unpaired) electrons. The molecule has 3 aromatic rings. The fourth-order valence-corrected chi connectivity index (χ4v) is 14.2. The van der Waals surface area contributed by atoms with Gasteiger partial charge in [0.25, 0.3) is 0 Å². The van der Waals surface area contributed by atoms with Gasteiger partial charge in [-0.3, -0.25) is 29.1 Å². The third kappa shape index (κ3) is 13.7. The van der Waals surface area contributed by atoms with Gasteiger partial charge in [0.05, 0.1) is 113 Å². The number of halogens is 3. The lowest BCUT2D eigenvalue weighted by Crippen LogP contribution is -2.70. The van der Waals surface area contributed by atoms with Gasteiger partial charge in [0.1, 0.15) is 0 Å². The van der Waals surface area contributed by atoms with E-state index >= 15 is 0 Å². The number of carbonyl (C=O) groups excluding carboxylic acids is 3. The predicted molar refractivity (Wildman–Crippen MR) is 294 cm³/mol. The van der Waals surface area contributed by atoms with Crippen molar-refractivity contribution in [2.24, 2.45) is 0 Å². The minimum Gasteiger partial charge on any atom is -0.378 e. The highest BCUT2D eigenvalue weighted by Gasteiger charge is 2.48. The van der Waals surface area contributed by atoms with Crippen molar-refractivity contribution in [3.63, 3.8) is 0 Å². The van der Waals surface area contributed by atoms with Gasteiger partial charge in [0.2, 0.25) is 17.7 Å². The number of ether oxygens (including phenoxy) is 3. The molecule has 9 heterocycles. The Morgan fingerprint density at radius 1 is 0.413 bits per heavy atom. The quantitative estimate of drug-likeness (QED) is 0.276. The molecule has 0 unspecified atom stereocenters.